The first kappa shape index (κ1) is 32.8. The lowest BCUT2D eigenvalue weighted by Gasteiger charge is -2.15. The van der Waals surface area contributed by atoms with Crippen LogP contribution in [-0.2, 0) is 9.59 Å². The summed E-state index contributed by atoms with van der Waals surface area (Å²) >= 11 is 6.17. The van der Waals surface area contributed by atoms with Gasteiger partial charge in [-0.2, -0.15) is 0 Å². The van der Waals surface area contributed by atoms with Crippen molar-refractivity contribution in [3.8, 4) is 11.3 Å². The van der Waals surface area contributed by atoms with E-state index in [1.165, 1.54) is 53.4 Å². The van der Waals surface area contributed by atoms with Crippen molar-refractivity contribution in [1.82, 2.24) is 10.3 Å². The summed E-state index contributed by atoms with van der Waals surface area (Å²) in [7, 11) is 0. The van der Waals surface area contributed by atoms with E-state index in [1.807, 2.05) is 42.6 Å². The number of thioether (sulfide) groups is 1. The number of carbonyl (C=O) groups is 3. The quantitative estimate of drug-likeness (QED) is 0.0940. The van der Waals surface area contributed by atoms with E-state index in [0.717, 1.165) is 20.6 Å². The predicted octanol–water partition coefficient (Wildman–Crippen LogP) is 8.63. The van der Waals surface area contributed by atoms with Crippen molar-refractivity contribution in [3.05, 3.63) is 136 Å². The highest BCUT2D eigenvalue weighted by Gasteiger charge is 2.20. The molecule has 4 aromatic carbocycles. The minimum Gasteiger partial charge on any atom is -0.321 e. The van der Waals surface area contributed by atoms with Crippen molar-refractivity contribution >= 4 is 73.6 Å². The van der Waals surface area contributed by atoms with Crippen LogP contribution in [0, 0.1) is 5.82 Å². The second kappa shape index (κ2) is 15.6. The maximum Gasteiger partial charge on any atom is 0.272 e. The monoisotopic (exact) mass is 714 g/mol. The molecule has 232 valence electrons. The third-order valence-electron chi connectivity index (χ3n) is 6.62. The molecular formula is C35H28BrFN4O3S2. The summed E-state index contributed by atoms with van der Waals surface area (Å²) in [6.07, 6.45) is 2.04. The third kappa shape index (κ3) is 9.00. The number of thiazole rings is 1. The fraction of sp³-hybridized carbons (Fsp3) is 0.0857. The topological polar surface area (TPSA) is 100 Å². The number of anilines is 2. The maximum absolute atomic E-state index is 13.5. The highest BCUT2D eigenvalue weighted by Crippen LogP contribution is 2.30. The number of aromatic nitrogens is 1. The summed E-state index contributed by atoms with van der Waals surface area (Å²) in [5.74, 6) is -1.62. The molecule has 5 rings (SSSR count). The van der Waals surface area contributed by atoms with Crippen LogP contribution in [0.15, 0.2) is 124 Å². The Balaban J connectivity index is 1.27. The Kier molecular flexibility index (Phi) is 11.1. The molecule has 0 bridgehead atoms. The van der Waals surface area contributed by atoms with Crippen molar-refractivity contribution in [3.63, 3.8) is 0 Å². The van der Waals surface area contributed by atoms with Gasteiger partial charge in [-0.15, -0.1) is 23.1 Å². The number of hydrogen-bond acceptors (Lipinski definition) is 6. The number of nitrogens with zero attached hydrogens (tertiary/aromatic N) is 1. The number of benzene rings is 4. The molecule has 0 aliphatic carbocycles. The standard InChI is InChI=1S/C35H28BrFN4O3S2/c1-2-31(34(44)41-35-40-30(21-45-35)23-13-15-25(36)16-14-23)46-28-10-6-9-27(20-28)38-33(43)29(19-22-11-17-26(37)18-12-22)39-32(42)24-7-4-3-5-8-24/h3-21,31H,2H2,1H3,(H,38,43)(H,39,42)(H,40,41,44)/b29-19-. The highest BCUT2D eigenvalue weighted by molar-refractivity contribution is 9.10. The Morgan fingerprint density at radius 1 is 0.935 bits per heavy atom. The van der Waals surface area contributed by atoms with Crippen LogP contribution in [0.25, 0.3) is 17.3 Å². The zero-order valence-electron chi connectivity index (χ0n) is 24.5. The van der Waals surface area contributed by atoms with Crippen LogP contribution in [0.3, 0.4) is 0 Å². The summed E-state index contributed by atoms with van der Waals surface area (Å²) in [5, 5.41) is 10.4. The SMILES string of the molecule is CCC(Sc1cccc(NC(=O)/C(=C/c2ccc(F)cc2)NC(=O)c2ccccc2)c1)C(=O)Nc1nc(-c2ccc(Br)cc2)cs1. The van der Waals surface area contributed by atoms with E-state index in [1.54, 1.807) is 48.5 Å². The molecule has 1 unspecified atom stereocenters. The van der Waals surface area contributed by atoms with Crippen LogP contribution in [0.5, 0.6) is 0 Å². The number of nitrogens with one attached hydrogen (secondary N) is 3. The molecule has 7 nitrogen and oxygen atoms in total. The first-order valence-electron chi connectivity index (χ1n) is 14.2. The Hall–Kier alpha value is -4.58. The summed E-state index contributed by atoms with van der Waals surface area (Å²) in [5.41, 5.74) is 3.11. The lowest BCUT2D eigenvalue weighted by Crippen LogP contribution is -2.30. The first-order chi connectivity index (χ1) is 22.3. The molecule has 5 aromatic rings. The van der Waals surface area contributed by atoms with E-state index in [-0.39, 0.29) is 11.6 Å². The van der Waals surface area contributed by atoms with Gasteiger partial charge in [-0.25, -0.2) is 9.37 Å². The van der Waals surface area contributed by atoms with Gasteiger partial charge >= 0.3 is 0 Å². The normalized spacial score (nSPS) is 11.8. The van der Waals surface area contributed by atoms with Gasteiger partial charge in [-0.05, 0) is 72.7 Å². The van der Waals surface area contributed by atoms with Crippen LogP contribution in [0.1, 0.15) is 29.3 Å². The summed E-state index contributed by atoms with van der Waals surface area (Å²) in [6, 6.07) is 29.0. The Morgan fingerprint density at radius 3 is 2.39 bits per heavy atom. The van der Waals surface area contributed by atoms with Gasteiger partial charge in [0.05, 0.1) is 10.9 Å². The molecule has 3 amide bonds. The van der Waals surface area contributed by atoms with Crippen molar-refractivity contribution in [2.24, 2.45) is 0 Å². The minimum absolute atomic E-state index is 0.0183. The van der Waals surface area contributed by atoms with Crippen molar-refractivity contribution < 1.29 is 18.8 Å². The lowest BCUT2D eigenvalue weighted by atomic mass is 10.1. The smallest absolute Gasteiger partial charge is 0.272 e. The Labute approximate surface area is 282 Å². The van der Waals surface area contributed by atoms with E-state index in [9.17, 15) is 18.8 Å². The molecule has 0 saturated heterocycles. The van der Waals surface area contributed by atoms with Crippen LogP contribution in [0.4, 0.5) is 15.2 Å². The maximum atomic E-state index is 13.5. The summed E-state index contributed by atoms with van der Waals surface area (Å²) < 4.78 is 14.5. The average Bonchev–Trinajstić information content (AvgIpc) is 3.53. The molecular weight excluding hydrogens is 687 g/mol. The Morgan fingerprint density at radius 2 is 1.67 bits per heavy atom. The van der Waals surface area contributed by atoms with E-state index in [2.05, 4.69) is 36.9 Å². The zero-order chi connectivity index (χ0) is 32.5. The van der Waals surface area contributed by atoms with E-state index in [4.69, 9.17) is 0 Å². The van der Waals surface area contributed by atoms with Gasteiger partial charge < -0.3 is 16.0 Å². The van der Waals surface area contributed by atoms with Crippen molar-refractivity contribution in [1.29, 1.82) is 0 Å². The molecule has 46 heavy (non-hydrogen) atoms. The summed E-state index contributed by atoms with van der Waals surface area (Å²) in [4.78, 5) is 44.9. The average molecular weight is 716 g/mol. The van der Waals surface area contributed by atoms with Crippen LogP contribution in [-0.4, -0.2) is 28.0 Å². The third-order valence-corrected chi connectivity index (χ3v) is 9.26. The molecule has 1 atom stereocenters. The van der Waals surface area contributed by atoms with Crippen LogP contribution < -0.4 is 16.0 Å². The molecule has 1 heterocycles. The van der Waals surface area contributed by atoms with Crippen molar-refractivity contribution in [2.75, 3.05) is 10.6 Å². The number of amides is 3. The van der Waals surface area contributed by atoms with Gasteiger partial charge in [0.1, 0.15) is 11.5 Å². The molecule has 0 aliphatic heterocycles. The van der Waals surface area contributed by atoms with E-state index in [0.29, 0.717) is 28.4 Å². The van der Waals surface area contributed by atoms with Gasteiger partial charge in [-0.1, -0.05) is 71.4 Å². The number of carbonyl (C=O) groups excluding carboxylic acids is 3. The lowest BCUT2D eigenvalue weighted by molar-refractivity contribution is -0.116. The molecule has 1 aromatic heterocycles. The summed E-state index contributed by atoms with van der Waals surface area (Å²) in [6.45, 7) is 1.93. The largest absolute Gasteiger partial charge is 0.321 e. The van der Waals surface area contributed by atoms with Crippen LogP contribution in [0.2, 0.25) is 0 Å². The number of halogens is 2. The Bertz CT molecular complexity index is 1860. The second-order valence-corrected chi connectivity index (χ2v) is 13.0. The fourth-order valence-electron chi connectivity index (χ4n) is 4.27. The van der Waals surface area contributed by atoms with Gasteiger partial charge in [0.15, 0.2) is 5.13 Å². The minimum atomic E-state index is -0.564. The van der Waals surface area contributed by atoms with Crippen LogP contribution >= 0.6 is 39.0 Å². The molecule has 3 N–H and O–H groups in total. The fourth-order valence-corrected chi connectivity index (χ4v) is 6.27. The molecule has 0 fully saturated rings. The van der Waals surface area contributed by atoms with Crippen molar-refractivity contribution in [2.45, 2.75) is 23.5 Å². The van der Waals surface area contributed by atoms with Gasteiger partial charge in [-0.3, -0.25) is 14.4 Å². The zero-order valence-corrected chi connectivity index (χ0v) is 27.7. The molecule has 0 saturated carbocycles. The second-order valence-electron chi connectivity index (χ2n) is 9.96. The number of hydrogen-bond donors (Lipinski definition) is 3. The molecule has 0 radical (unpaired) electrons. The van der Waals surface area contributed by atoms with Gasteiger partial charge in [0.2, 0.25) is 5.91 Å². The molecule has 0 aliphatic rings. The van der Waals surface area contributed by atoms with E-state index >= 15 is 0 Å². The molecule has 11 heteroatoms. The molecule has 0 spiro atoms. The first-order valence-corrected chi connectivity index (χ1v) is 16.8. The van der Waals surface area contributed by atoms with Gasteiger partial charge in [0, 0.05) is 31.6 Å². The highest BCUT2D eigenvalue weighted by atomic mass is 79.9. The van der Waals surface area contributed by atoms with Gasteiger partial charge in [0.25, 0.3) is 11.8 Å². The van der Waals surface area contributed by atoms with E-state index < -0.39 is 22.9 Å². The number of rotatable bonds is 11. The predicted molar refractivity (Wildman–Crippen MR) is 187 cm³/mol.